The van der Waals surface area contributed by atoms with Gasteiger partial charge in [-0.2, -0.15) is 5.10 Å². The third-order valence-electron chi connectivity index (χ3n) is 3.17. The summed E-state index contributed by atoms with van der Waals surface area (Å²) in [6.45, 7) is 4.62. The highest BCUT2D eigenvalue weighted by Gasteiger charge is 2.11. The van der Waals surface area contributed by atoms with Gasteiger partial charge in [-0.1, -0.05) is 5.21 Å². The van der Waals surface area contributed by atoms with Crippen molar-refractivity contribution in [2.75, 3.05) is 5.32 Å². The summed E-state index contributed by atoms with van der Waals surface area (Å²) in [5, 5.41) is 18.4. The first-order valence-corrected chi connectivity index (χ1v) is 5.91. The molecular weight excluding hydrogens is 244 g/mol. The highest BCUT2D eigenvalue weighted by molar-refractivity contribution is 5.81. The zero-order chi connectivity index (χ0) is 13.4. The van der Waals surface area contributed by atoms with Crippen molar-refractivity contribution in [1.82, 2.24) is 35.2 Å². The minimum atomic E-state index is 0.582. The number of hydrogen-bond donors (Lipinski definition) is 2. The van der Waals surface area contributed by atoms with Crippen LogP contribution in [0, 0.1) is 13.8 Å². The molecule has 0 aliphatic heterocycles. The lowest BCUT2D eigenvalue weighted by molar-refractivity contribution is 0.729. The number of fused-ring (bicyclic) bond motifs is 1. The van der Waals surface area contributed by atoms with Crippen LogP contribution >= 0.6 is 0 Å². The molecule has 3 rings (SSSR count). The summed E-state index contributed by atoms with van der Waals surface area (Å²) < 4.78 is 1.62. The molecule has 0 atom stereocenters. The Hall–Kier alpha value is -2.51. The molecule has 0 radical (unpaired) electrons. The Morgan fingerprint density at radius 1 is 1.32 bits per heavy atom. The molecule has 98 valence electrons. The second kappa shape index (κ2) is 4.30. The average molecular weight is 258 g/mol. The van der Waals surface area contributed by atoms with E-state index in [0.29, 0.717) is 23.5 Å². The number of aromatic amines is 1. The Labute approximate surface area is 109 Å². The maximum absolute atomic E-state index is 4.24. The minimum Gasteiger partial charge on any atom is -0.362 e. The molecule has 3 aromatic rings. The Morgan fingerprint density at radius 3 is 2.89 bits per heavy atom. The first-order chi connectivity index (χ1) is 9.16. The van der Waals surface area contributed by atoms with Gasteiger partial charge in [0.2, 0.25) is 0 Å². The quantitative estimate of drug-likeness (QED) is 0.718. The summed E-state index contributed by atoms with van der Waals surface area (Å²) in [5.74, 6) is 0.665. The first-order valence-electron chi connectivity index (χ1n) is 5.91. The van der Waals surface area contributed by atoms with Gasteiger partial charge in [0.1, 0.15) is 6.33 Å². The number of nitrogens with one attached hydrogen (secondary N) is 2. The molecule has 0 saturated heterocycles. The molecule has 3 aromatic heterocycles. The van der Waals surface area contributed by atoms with E-state index in [2.05, 4.69) is 35.8 Å². The van der Waals surface area contributed by atoms with Crippen LogP contribution in [0.4, 0.5) is 5.82 Å². The summed E-state index contributed by atoms with van der Waals surface area (Å²) in [6, 6.07) is 0. The molecule has 0 bridgehead atoms. The number of anilines is 1. The third kappa shape index (κ3) is 1.90. The minimum absolute atomic E-state index is 0.582. The maximum atomic E-state index is 4.24. The molecule has 8 nitrogen and oxygen atoms in total. The SMILES string of the molecule is Cc1[nH]nc(CNc2ncnc3c2nnn3C)c1C. The van der Waals surface area contributed by atoms with Crippen LogP contribution in [0.25, 0.3) is 11.2 Å². The smallest absolute Gasteiger partial charge is 0.183 e. The van der Waals surface area contributed by atoms with Crippen molar-refractivity contribution >= 4 is 17.0 Å². The van der Waals surface area contributed by atoms with E-state index < -0.39 is 0 Å². The molecule has 0 aromatic carbocycles. The van der Waals surface area contributed by atoms with Crippen LogP contribution in [-0.4, -0.2) is 35.2 Å². The molecule has 0 aliphatic carbocycles. The van der Waals surface area contributed by atoms with Gasteiger partial charge >= 0.3 is 0 Å². The van der Waals surface area contributed by atoms with E-state index >= 15 is 0 Å². The second-order valence-electron chi connectivity index (χ2n) is 4.38. The lowest BCUT2D eigenvalue weighted by Gasteiger charge is -2.04. The fourth-order valence-corrected chi connectivity index (χ4v) is 1.86. The Morgan fingerprint density at radius 2 is 2.16 bits per heavy atom. The molecule has 2 N–H and O–H groups in total. The third-order valence-corrected chi connectivity index (χ3v) is 3.17. The summed E-state index contributed by atoms with van der Waals surface area (Å²) in [6.07, 6.45) is 1.50. The fraction of sp³-hybridized carbons (Fsp3) is 0.364. The summed E-state index contributed by atoms with van der Waals surface area (Å²) in [7, 11) is 1.80. The van der Waals surface area contributed by atoms with Crippen LogP contribution in [0.2, 0.25) is 0 Å². The molecule has 8 heteroatoms. The second-order valence-corrected chi connectivity index (χ2v) is 4.38. The summed E-state index contributed by atoms with van der Waals surface area (Å²) >= 11 is 0. The van der Waals surface area contributed by atoms with Gasteiger partial charge in [0, 0.05) is 12.7 Å². The molecule has 0 spiro atoms. The van der Waals surface area contributed by atoms with E-state index in [4.69, 9.17) is 0 Å². The zero-order valence-corrected chi connectivity index (χ0v) is 11.0. The number of H-pyrrole nitrogens is 1. The predicted octanol–water partition coefficient (Wildman–Crippen LogP) is 0.710. The molecule has 0 fully saturated rings. The van der Waals surface area contributed by atoms with E-state index in [9.17, 15) is 0 Å². The normalized spacial score (nSPS) is 11.1. The van der Waals surface area contributed by atoms with Crippen LogP contribution in [0.5, 0.6) is 0 Å². The average Bonchev–Trinajstić information content (AvgIpc) is 2.94. The van der Waals surface area contributed by atoms with Gasteiger partial charge in [0.25, 0.3) is 0 Å². The number of aromatic nitrogens is 7. The molecule has 0 unspecified atom stereocenters. The maximum Gasteiger partial charge on any atom is 0.183 e. The Kier molecular flexibility index (Phi) is 2.62. The fourth-order valence-electron chi connectivity index (χ4n) is 1.86. The molecular formula is C11H14N8. The molecule has 0 saturated carbocycles. The van der Waals surface area contributed by atoms with Gasteiger partial charge in [0.15, 0.2) is 17.0 Å². The van der Waals surface area contributed by atoms with Crippen LogP contribution < -0.4 is 5.32 Å². The molecule has 19 heavy (non-hydrogen) atoms. The lowest BCUT2D eigenvalue weighted by atomic mass is 10.2. The van der Waals surface area contributed by atoms with Crippen molar-refractivity contribution in [1.29, 1.82) is 0 Å². The first kappa shape index (κ1) is 11.6. The van der Waals surface area contributed by atoms with E-state index in [0.717, 1.165) is 17.0 Å². The monoisotopic (exact) mass is 258 g/mol. The van der Waals surface area contributed by atoms with Crippen molar-refractivity contribution in [2.45, 2.75) is 20.4 Å². The van der Waals surface area contributed by atoms with Gasteiger partial charge in [-0.15, -0.1) is 5.10 Å². The van der Waals surface area contributed by atoms with Gasteiger partial charge in [-0.05, 0) is 19.4 Å². The lowest BCUT2D eigenvalue weighted by Crippen LogP contribution is -2.04. The van der Waals surface area contributed by atoms with Crippen molar-refractivity contribution in [3.05, 3.63) is 23.3 Å². The summed E-state index contributed by atoms with van der Waals surface area (Å²) in [4.78, 5) is 8.34. The van der Waals surface area contributed by atoms with Gasteiger partial charge in [-0.3, -0.25) is 5.10 Å². The number of aryl methyl sites for hydroxylation is 2. The topological polar surface area (TPSA) is 97.2 Å². The van der Waals surface area contributed by atoms with Crippen molar-refractivity contribution < 1.29 is 0 Å². The molecule has 3 heterocycles. The number of nitrogens with zero attached hydrogens (tertiary/aromatic N) is 6. The van der Waals surface area contributed by atoms with Gasteiger partial charge < -0.3 is 5.32 Å². The largest absolute Gasteiger partial charge is 0.362 e. The van der Waals surface area contributed by atoms with E-state index in [1.54, 1.807) is 11.7 Å². The van der Waals surface area contributed by atoms with Crippen molar-refractivity contribution in [2.24, 2.45) is 7.05 Å². The number of rotatable bonds is 3. The Balaban J connectivity index is 1.88. The van der Waals surface area contributed by atoms with Crippen LogP contribution in [0.3, 0.4) is 0 Å². The highest BCUT2D eigenvalue weighted by Crippen LogP contribution is 2.16. The molecule has 0 aliphatic rings. The van der Waals surface area contributed by atoms with Gasteiger partial charge in [-0.25, -0.2) is 14.6 Å². The predicted molar refractivity (Wildman–Crippen MR) is 69.5 cm³/mol. The zero-order valence-electron chi connectivity index (χ0n) is 11.0. The molecule has 0 amide bonds. The summed E-state index contributed by atoms with van der Waals surface area (Å²) in [5.41, 5.74) is 4.55. The van der Waals surface area contributed by atoms with Crippen LogP contribution in [-0.2, 0) is 13.6 Å². The van der Waals surface area contributed by atoms with Crippen LogP contribution in [0.15, 0.2) is 6.33 Å². The van der Waals surface area contributed by atoms with Crippen molar-refractivity contribution in [3.63, 3.8) is 0 Å². The van der Waals surface area contributed by atoms with E-state index in [1.165, 1.54) is 6.33 Å². The highest BCUT2D eigenvalue weighted by atomic mass is 15.4. The standard InChI is InChI=1S/C11H14N8/c1-6-7(2)15-16-8(6)4-12-10-9-11(14-5-13-10)19(3)18-17-9/h5H,4H2,1-3H3,(H,15,16)(H,12,13,14). The van der Waals surface area contributed by atoms with E-state index in [1.807, 2.05) is 13.8 Å². The van der Waals surface area contributed by atoms with Crippen molar-refractivity contribution in [3.8, 4) is 0 Å². The van der Waals surface area contributed by atoms with Crippen LogP contribution in [0.1, 0.15) is 17.0 Å². The van der Waals surface area contributed by atoms with Gasteiger partial charge in [0.05, 0.1) is 12.2 Å². The Bertz CT molecular complexity index is 725. The van der Waals surface area contributed by atoms with E-state index in [-0.39, 0.29) is 0 Å². The number of hydrogen-bond acceptors (Lipinski definition) is 6.